The predicted molar refractivity (Wildman–Crippen MR) is 143 cm³/mol. The number of Topliss-reactive ketones (excluding diaryl/α,β-unsaturated/α-hetero) is 1. The molecule has 0 radical (unpaired) electrons. The van der Waals surface area contributed by atoms with Gasteiger partial charge in [0.2, 0.25) is 0 Å². The minimum absolute atomic E-state index is 0.0212. The Morgan fingerprint density at radius 1 is 0.973 bits per heavy atom. The van der Waals surface area contributed by atoms with Crippen molar-refractivity contribution in [2.24, 2.45) is 0 Å². The smallest absolute Gasteiger partial charge is 0.301 e. The second-order valence-corrected chi connectivity index (χ2v) is 9.22. The van der Waals surface area contributed by atoms with Gasteiger partial charge in [0, 0.05) is 17.1 Å². The van der Waals surface area contributed by atoms with Gasteiger partial charge >= 0.3 is 5.91 Å². The first kappa shape index (κ1) is 26.2. The molecule has 0 saturated carbocycles. The van der Waals surface area contributed by atoms with Gasteiger partial charge in [0.05, 0.1) is 31.4 Å². The molecule has 194 valence electrons. The van der Waals surface area contributed by atoms with E-state index in [1.54, 1.807) is 54.0 Å². The maximum atomic E-state index is 13.3. The first-order chi connectivity index (χ1) is 18.0. The summed E-state index contributed by atoms with van der Waals surface area (Å²) in [5.74, 6) is -0.0882. The van der Waals surface area contributed by atoms with Crippen molar-refractivity contribution in [1.29, 1.82) is 0 Å². The van der Waals surface area contributed by atoms with Gasteiger partial charge < -0.3 is 19.3 Å². The van der Waals surface area contributed by atoms with Gasteiger partial charge in [-0.05, 0) is 61.7 Å². The second kappa shape index (κ2) is 11.9. The van der Waals surface area contributed by atoms with Gasteiger partial charge in [-0.3, -0.25) is 14.5 Å². The zero-order valence-corrected chi connectivity index (χ0v) is 21.9. The Labute approximate surface area is 220 Å². The zero-order chi connectivity index (χ0) is 26.4. The number of anilines is 1. The van der Waals surface area contributed by atoms with Crippen molar-refractivity contribution in [2.45, 2.75) is 39.7 Å². The fourth-order valence-electron chi connectivity index (χ4n) is 4.06. The molecule has 0 bridgehead atoms. The third-order valence-corrected chi connectivity index (χ3v) is 6.49. The van der Waals surface area contributed by atoms with Crippen LogP contribution in [0, 0.1) is 0 Å². The number of ketones is 1. The summed E-state index contributed by atoms with van der Waals surface area (Å²) in [6.07, 6.45) is 3.27. The van der Waals surface area contributed by atoms with Crippen LogP contribution in [0.15, 0.2) is 59.6 Å². The van der Waals surface area contributed by atoms with Crippen LogP contribution in [0.1, 0.15) is 50.8 Å². The molecule has 37 heavy (non-hydrogen) atoms. The Hall–Kier alpha value is -3.85. The minimum Gasteiger partial charge on any atom is -0.507 e. The van der Waals surface area contributed by atoms with E-state index in [2.05, 4.69) is 4.98 Å². The molecule has 1 N–H and O–H groups in total. The lowest BCUT2D eigenvalue weighted by molar-refractivity contribution is -0.132. The minimum atomic E-state index is -0.901. The summed E-state index contributed by atoms with van der Waals surface area (Å²) in [7, 11) is 0. The first-order valence-electron chi connectivity index (χ1n) is 12.3. The van der Waals surface area contributed by atoms with Crippen LogP contribution < -0.4 is 19.1 Å². The summed E-state index contributed by atoms with van der Waals surface area (Å²) in [6, 6.07) is 11.2. The fraction of sp³-hybridized carbons (Fsp3) is 0.321. The Morgan fingerprint density at radius 3 is 2.35 bits per heavy atom. The van der Waals surface area contributed by atoms with Crippen LogP contribution in [0.5, 0.6) is 17.2 Å². The van der Waals surface area contributed by atoms with Crippen LogP contribution in [0.4, 0.5) is 5.13 Å². The molecular weight excluding hydrogens is 492 g/mol. The first-order valence-corrected chi connectivity index (χ1v) is 13.2. The van der Waals surface area contributed by atoms with Crippen molar-refractivity contribution in [3.05, 3.63) is 70.7 Å². The van der Waals surface area contributed by atoms with E-state index in [4.69, 9.17) is 14.2 Å². The van der Waals surface area contributed by atoms with Crippen LogP contribution >= 0.6 is 11.3 Å². The molecule has 8 nitrogen and oxygen atoms in total. The number of aliphatic hydroxyl groups is 1. The summed E-state index contributed by atoms with van der Waals surface area (Å²) in [6.45, 7) is 7.40. The molecule has 1 atom stereocenters. The Morgan fingerprint density at radius 2 is 1.70 bits per heavy atom. The molecule has 0 spiro atoms. The normalized spacial score (nSPS) is 16.7. The zero-order valence-electron chi connectivity index (χ0n) is 21.1. The highest BCUT2D eigenvalue weighted by molar-refractivity contribution is 7.14. The molecule has 4 rings (SSSR count). The third kappa shape index (κ3) is 5.46. The van der Waals surface area contributed by atoms with Gasteiger partial charge in [0.1, 0.15) is 11.5 Å². The number of carbonyl (C=O) groups is 2. The topological polar surface area (TPSA) is 98.2 Å². The van der Waals surface area contributed by atoms with Gasteiger partial charge in [-0.25, -0.2) is 4.98 Å². The van der Waals surface area contributed by atoms with Crippen LogP contribution in [-0.2, 0) is 9.59 Å². The molecule has 3 aromatic rings. The van der Waals surface area contributed by atoms with Crippen molar-refractivity contribution >= 4 is 33.9 Å². The molecule has 1 aliphatic rings. The number of aromatic nitrogens is 1. The molecule has 1 fully saturated rings. The van der Waals surface area contributed by atoms with Crippen molar-refractivity contribution in [3.63, 3.8) is 0 Å². The van der Waals surface area contributed by atoms with Crippen molar-refractivity contribution in [1.82, 2.24) is 4.98 Å². The molecule has 1 unspecified atom stereocenters. The van der Waals surface area contributed by atoms with E-state index in [-0.39, 0.29) is 11.3 Å². The summed E-state index contributed by atoms with van der Waals surface area (Å²) >= 11 is 1.24. The van der Waals surface area contributed by atoms with E-state index in [1.165, 1.54) is 16.2 Å². The molecule has 1 aromatic heterocycles. The highest BCUT2D eigenvalue weighted by atomic mass is 32.1. The number of thiazole rings is 1. The fourth-order valence-corrected chi connectivity index (χ4v) is 4.73. The van der Waals surface area contributed by atoms with E-state index < -0.39 is 17.7 Å². The van der Waals surface area contributed by atoms with Crippen LogP contribution in [-0.4, -0.2) is 41.6 Å². The van der Waals surface area contributed by atoms with Crippen molar-refractivity contribution < 1.29 is 28.9 Å². The van der Waals surface area contributed by atoms with Crippen LogP contribution in [0.3, 0.4) is 0 Å². The van der Waals surface area contributed by atoms with E-state index in [1.807, 2.05) is 20.8 Å². The van der Waals surface area contributed by atoms with E-state index in [0.29, 0.717) is 53.3 Å². The quantitative estimate of drug-likeness (QED) is 0.195. The standard InChI is InChI=1S/C28H30N2O6S/c1-4-14-35-20-10-7-18(8-11-20)25(31)23-24(30(27(33)26(23)32)28-29-13-16-37-28)19-9-12-21(36-15-5-2)22(17-19)34-6-3/h7-13,16-17,24,31H,4-6,14-15H2,1-3H3. The number of hydrogen-bond donors (Lipinski definition) is 1. The summed E-state index contributed by atoms with van der Waals surface area (Å²) in [5, 5.41) is 13.4. The molecule has 9 heteroatoms. The van der Waals surface area contributed by atoms with E-state index in [0.717, 1.165) is 12.8 Å². The van der Waals surface area contributed by atoms with Crippen molar-refractivity contribution in [2.75, 3.05) is 24.7 Å². The Balaban J connectivity index is 1.83. The average Bonchev–Trinajstić information content (AvgIpc) is 3.53. The number of carbonyl (C=O) groups excluding carboxylic acids is 2. The highest BCUT2D eigenvalue weighted by Gasteiger charge is 2.48. The lowest BCUT2D eigenvalue weighted by Crippen LogP contribution is -2.29. The monoisotopic (exact) mass is 522 g/mol. The van der Waals surface area contributed by atoms with Gasteiger partial charge in [0.15, 0.2) is 16.6 Å². The lowest BCUT2D eigenvalue weighted by atomic mass is 9.95. The molecule has 1 amide bonds. The number of rotatable bonds is 11. The summed E-state index contributed by atoms with van der Waals surface area (Å²) < 4.78 is 17.3. The van der Waals surface area contributed by atoms with Gasteiger partial charge in [-0.15, -0.1) is 11.3 Å². The van der Waals surface area contributed by atoms with Gasteiger partial charge in [-0.2, -0.15) is 0 Å². The van der Waals surface area contributed by atoms with Crippen molar-refractivity contribution in [3.8, 4) is 17.2 Å². The predicted octanol–water partition coefficient (Wildman–Crippen LogP) is 5.75. The Kier molecular flexibility index (Phi) is 8.45. The molecule has 0 aliphatic carbocycles. The number of aliphatic hydroxyl groups excluding tert-OH is 1. The SMILES string of the molecule is CCCOc1ccc(C(O)=C2C(=O)C(=O)N(c3nccs3)C2c2ccc(OCCC)c(OCC)c2)cc1. The maximum absolute atomic E-state index is 13.3. The highest BCUT2D eigenvalue weighted by Crippen LogP contribution is 2.44. The summed E-state index contributed by atoms with van der Waals surface area (Å²) in [4.78, 5) is 32.2. The number of hydrogen-bond acceptors (Lipinski definition) is 8. The lowest BCUT2D eigenvalue weighted by Gasteiger charge is -2.24. The molecular formula is C28H30N2O6S. The van der Waals surface area contributed by atoms with Gasteiger partial charge in [0.25, 0.3) is 5.78 Å². The van der Waals surface area contributed by atoms with E-state index in [9.17, 15) is 14.7 Å². The van der Waals surface area contributed by atoms with Gasteiger partial charge in [-0.1, -0.05) is 19.9 Å². The summed E-state index contributed by atoms with van der Waals surface area (Å²) in [5.41, 5.74) is 0.970. The largest absolute Gasteiger partial charge is 0.507 e. The van der Waals surface area contributed by atoms with E-state index >= 15 is 0 Å². The third-order valence-electron chi connectivity index (χ3n) is 5.72. The number of benzene rings is 2. The Bertz CT molecular complexity index is 1270. The second-order valence-electron chi connectivity index (χ2n) is 8.34. The number of ether oxygens (including phenoxy) is 3. The molecule has 2 aromatic carbocycles. The molecule has 2 heterocycles. The molecule has 1 aliphatic heterocycles. The number of amides is 1. The van der Waals surface area contributed by atoms with Crippen LogP contribution in [0.25, 0.3) is 5.76 Å². The van der Waals surface area contributed by atoms with Crippen LogP contribution in [0.2, 0.25) is 0 Å². The number of nitrogens with zero attached hydrogens (tertiary/aromatic N) is 2. The molecule has 1 saturated heterocycles. The maximum Gasteiger partial charge on any atom is 0.301 e. The average molecular weight is 523 g/mol.